The van der Waals surface area contributed by atoms with Crippen LogP contribution in [0.25, 0.3) is 11.2 Å². The minimum absolute atomic E-state index is 0.0132. The van der Waals surface area contributed by atoms with Crippen LogP contribution in [0.1, 0.15) is 18.5 Å². The minimum Gasteiger partial charge on any atom is -0.508 e. The van der Waals surface area contributed by atoms with E-state index in [1.807, 2.05) is 34.9 Å². The van der Waals surface area contributed by atoms with Crippen LogP contribution in [0.15, 0.2) is 60.9 Å². The highest BCUT2D eigenvalue weighted by molar-refractivity contribution is 5.84. The largest absolute Gasteiger partial charge is 0.508 e. The molecule has 1 saturated heterocycles. The van der Waals surface area contributed by atoms with Crippen molar-refractivity contribution in [2.24, 2.45) is 0 Å². The number of benzene rings is 2. The van der Waals surface area contributed by atoms with E-state index in [1.165, 1.54) is 0 Å². The summed E-state index contributed by atoms with van der Waals surface area (Å²) in [6.07, 6.45) is 1.71. The number of aromatic nitrogens is 4. The van der Waals surface area contributed by atoms with Gasteiger partial charge in [-0.25, -0.2) is 4.98 Å². The summed E-state index contributed by atoms with van der Waals surface area (Å²) < 4.78 is 1.87. The minimum atomic E-state index is 0.0132. The fourth-order valence-corrected chi connectivity index (χ4v) is 4.30. The second-order valence-corrected chi connectivity index (χ2v) is 8.47. The first-order chi connectivity index (χ1) is 16.6. The second-order valence-electron chi connectivity index (χ2n) is 8.47. The number of anilines is 3. The highest BCUT2D eigenvalue weighted by Crippen LogP contribution is 2.27. The summed E-state index contributed by atoms with van der Waals surface area (Å²) in [7, 11) is 0. The van der Waals surface area contributed by atoms with Crippen molar-refractivity contribution in [2.75, 3.05) is 47.9 Å². The number of hydrogen-bond donors (Lipinski definition) is 3. The normalized spacial score (nSPS) is 15.0. The lowest BCUT2D eigenvalue weighted by molar-refractivity contribution is 0.277. The first kappa shape index (κ1) is 22.0. The molecular weight excluding hydrogens is 430 g/mol. The lowest BCUT2D eigenvalue weighted by Crippen LogP contribution is -2.47. The second kappa shape index (κ2) is 9.56. The molecule has 1 aliphatic heterocycles. The van der Waals surface area contributed by atoms with E-state index in [1.54, 1.807) is 18.5 Å². The summed E-state index contributed by atoms with van der Waals surface area (Å²) >= 11 is 0. The molecule has 0 aliphatic carbocycles. The lowest BCUT2D eigenvalue weighted by Gasteiger charge is -2.36. The maximum absolute atomic E-state index is 9.56. The molecule has 3 N–H and O–H groups in total. The molecule has 5 rings (SSSR count). The van der Waals surface area contributed by atoms with Gasteiger partial charge in [-0.1, -0.05) is 30.3 Å². The first-order valence-electron chi connectivity index (χ1n) is 11.6. The third kappa shape index (κ3) is 4.47. The Labute approximate surface area is 198 Å². The number of nitrogens with one attached hydrogen (secondary N) is 1. The van der Waals surface area contributed by atoms with Crippen molar-refractivity contribution in [2.45, 2.75) is 19.5 Å². The molecule has 4 aromatic rings. The number of rotatable bonds is 7. The number of phenols is 1. The van der Waals surface area contributed by atoms with Crippen LogP contribution >= 0.6 is 0 Å². The average Bonchev–Trinajstić information content (AvgIpc) is 3.28. The lowest BCUT2D eigenvalue weighted by atomic mass is 10.1. The number of aromatic hydroxyl groups is 1. The molecule has 9 nitrogen and oxygen atoms in total. The van der Waals surface area contributed by atoms with E-state index in [0.29, 0.717) is 29.5 Å². The molecule has 1 aliphatic rings. The number of imidazole rings is 1. The molecule has 0 bridgehead atoms. The maximum atomic E-state index is 9.56. The van der Waals surface area contributed by atoms with E-state index in [9.17, 15) is 10.2 Å². The smallest absolute Gasteiger partial charge is 0.229 e. The van der Waals surface area contributed by atoms with Crippen molar-refractivity contribution >= 4 is 28.6 Å². The zero-order valence-corrected chi connectivity index (χ0v) is 19.2. The van der Waals surface area contributed by atoms with Gasteiger partial charge in [-0.2, -0.15) is 9.97 Å². The molecule has 0 unspecified atom stereocenters. The molecule has 2 aromatic heterocycles. The third-order valence-corrected chi connectivity index (χ3v) is 6.22. The van der Waals surface area contributed by atoms with Crippen molar-refractivity contribution in [3.63, 3.8) is 0 Å². The SMILES string of the molecule is C[C@H](Nc1nc(N2CCN(c3ccc(O)cc3)CC2)nc2c1ncn2CCO)c1ccccc1. The number of piperazine rings is 1. The Morgan fingerprint density at radius 2 is 1.65 bits per heavy atom. The summed E-state index contributed by atoms with van der Waals surface area (Å²) in [5.41, 5.74) is 3.66. The van der Waals surface area contributed by atoms with E-state index in [-0.39, 0.29) is 18.4 Å². The molecule has 1 atom stereocenters. The van der Waals surface area contributed by atoms with Crippen LogP contribution in [0.3, 0.4) is 0 Å². The van der Waals surface area contributed by atoms with Gasteiger partial charge in [0.25, 0.3) is 0 Å². The monoisotopic (exact) mass is 459 g/mol. The average molecular weight is 460 g/mol. The van der Waals surface area contributed by atoms with Crippen LogP contribution in [0.5, 0.6) is 5.75 Å². The Morgan fingerprint density at radius 1 is 0.941 bits per heavy atom. The van der Waals surface area contributed by atoms with Gasteiger partial charge in [0.1, 0.15) is 5.75 Å². The highest BCUT2D eigenvalue weighted by atomic mass is 16.3. The standard InChI is InChI=1S/C25H29N7O2/c1-18(19-5-3-2-4-6-19)27-23-22-24(32(15-16-33)17-26-22)29-25(28-23)31-13-11-30(12-14-31)20-7-9-21(34)10-8-20/h2-10,17-18,33-34H,11-16H2,1H3,(H,27,28,29)/t18-/m0/s1. The van der Waals surface area contributed by atoms with Crippen LogP contribution in [-0.4, -0.2) is 62.5 Å². The van der Waals surface area contributed by atoms with Crippen molar-refractivity contribution < 1.29 is 10.2 Å². The van der Waals surface area contributed by atoms with Crippen molar-refractivity contribution in [3.8, 4) is 5.75 Å². The van der Waals surface area contributed by atoms with Gasteiger partial charge < -0.3 is 29.9 Å². The quantitative estimate of drug-likeness (QED) is 0.388. The molecule has 176 valence electrons. The summed E-state index contributed by atoms with van der Waals surface area (Å²) in [5, 5.41) is 22.6. The van der Waals surface area contributed by atoms with Gasteiger partial charge >= 0.3 is 0 Å². The van der Waals surface area contributed by atoms with Gasteiger partial charge in [0.2, 0.25) is 5.95 Å². The fourth-order valence-electron chi connectivity index (χ4n) is 4.30. The van der Waals surface area contributed by atoms with E-state index >= 15 is 0 Å². The molecule has 34 heavy (non-hydrogen) atoms. The van der Waals surface area contributed by atoms with Crippen LogP contribution in [0.2, 0.25) is 0 Å². The van der Waals surface area contributed by atoms with Crippen molar-refractivity contribution in [3.05, 3.63) is 66.5 Å². The molecular formula is C25H29N7O2. The van der Waals surface area contributed by atoms with Crippen LogP contribution < -0.4 is 15.1 Å². The number of aliphatic hydroxyl groups excluding tert-OH is 1. The Hall–Kier alpha value is -3.85. The predicted octanol–water partition coefficient (Wildman–Crippen LogP) is 3.02. The predicted molar refractivity (Wildman–Crippen MR) is 133 cm³/mol. The van der Waals surface area contributed by atoms with Gasteiger partial charge in [-0.05, 0) is 36.8 Å². The van der Waals surface area contributed by atoms with E-state index in [4.69, 9.17) is 9.97 Å². The van der Waals surface area contributed by atoms with E-state index in [2.05, 4.69) is 39.2 Å². The topological polar surface area (TPSA) is 103 Å². The summed E-state index contributed by atoms with van der Waals surface area (Å²) in [4.78, 5) is 18.8. The van der Waals surface area contributed by atoms with Crippen LogP contribution in [0, 0.1) is 0 Å². The number of nitrogens with zero attached hydrogens (tertiary/aromatic N) is 6. The zero-order chi connectivity index (χ0) is 23.5. The summed E-state index contributed by atoms with van der Waals surface area (Å²) in [5.74, 6) is 1.61. The Morgan fingerprint density at radius 3 is 2.35 bits per heavy atom. The summed E-state index contributed by atoms with van der Waals surface area (Å²) in [6, 6.07) is 17.6. The van der Waals surface area contributed by atoms with Crippen LogP contribution in [0.4, 0.5) is 17.5 Å². The molecule has 1 fully saturated rings. The van der Waals surface area contributed by atoms with Gasteiger partial charge in [0.05, 0.1) is 19.0 Å². The highest BCUT2D eigenvalue weighted by Gasteiger charge is 2.23. The van der Waals surface area contributed by atoms with E-state index in [0.717, 1.165) is 37.4 Å². The Kier molecular flexibility index (Phi) is 6.18. The van der Waals surface area contributed by atoms with E-state index < -0.39 is 0 Å². The third-order valence-electron chi connectivity index (χ3n) is 6.22. The molecule has 9 heteroatoms. The maximum Gasteiger partial charge on any atom is 0.229 e. The molecule has 2 aromatic carbocycles. The van der Waals surface area contributed by atoms with Gasteiger partial charge in [0.15, 0.2) is 17.0 Å². The van der Waals surface area contributed by atoms with Gasteiger partial charge in [-0.3, -0.25) is 0 Å². The zero-order valence-electron chi connectivity index (χ0n) is 19.2. The molecule has 0 radical (unpaired) electrons. The number of aliphatic hydroxyl groups is 1. The molecule has 0 spiro atoms. The van der Waals surface area contributed by atoms with Crippen molar-refractivity contribution in [1.29, 1.82) is 0 Å². The molecule has 3 heterocycles. The number of hydrogen-bond acceptors (Lipinski definition) is 8. The van der Waals surface area contributed by atoms with Gasteiger partial charge in [0, 0.05) is 38.4 Å². The fraction of sp³-hybridized carbons (Fsp3) is 0.320. The van der Waals surface area contributed by atoms with Crippen molar-refractivity contribution in [1.82, 2.24) is 19.5 Å². The Bertz CT molecular complexity index is 1240. The molecule has 0 saturated carbocycles. The summed E-state index contributed by atoms with van der Waals surface area (Å²) in [6.45, 7) is 5.73. The number of fused-ring (bicyclic) bond motifs is 1. The molecule has 0 amide bonds. The Balaban J connectivity index is 1.41. The number of phenolic OH excluding ortho intramolecular Hbond substituents is 1. The van der Waals surface area contributed by atoms with Gasteiger partial charge in [-0.15, -0.1) is 0 Å². The first-order valence-corrected chi connectivity index (χ1v) is 11.6. The van der Waals surface area contributed by atoms with Crippen LogP contribution in [-0.2, 0) is 6.54 Å².